The highest BCUT2D eigenvalue weighted by molar-refractivity contribution is 7.95. The Balaban J connectivity index is 2.82. The van der Waals surface area contributed by atoms with Crippen molar-refractivity contribution in [3.05, 3.63) is 0 Å². The Morgan fingerprint density at radius 2 is 2.50 bits per heavy atom. The molecule has 0 saturated carbocycles. The lowest BCUT2D eigenvalue weighted by Gasteiger charge is -1.92. The first-order valence-corrected chi connectivity index (χ1v) is 3.55. The first-order chi connectivity index (χ1) is 3.77. The molecule has 0 aromatic heterocycles. The zero-order valence-electron chi connectivity index (χ0n) is 4.52. The second-order valence-electron chi connectivity index (χ2n) is 1.14. The third-order valence-electron chi connectivity index (χ3n) is 0.412. The van der Waals surface area contributed by atoms with Crippen molar-refractivity contribution in [2.24, 2.45) is 0 Å². The van der Waals surface area contributed by atoms with Gasteiger partial charge in [-0.15, -0.1) is 0 Å². The van der Waals surface area contributed by atoms with Crippen LogP contribution in [-0.2, 0) is 4.18 Å². The maximum Gasteiger partial charge on any atom is 0.415 e. The Labute approximate surface area is 57.7 Å². The van der Waals surface area contributed by atoms with Crippen LogP contribution in [0, 0.1) is 0 Å². The van der Waals surface area contributed by atoms with Crippen molar-refractivity contribution in [2.45, 2.75) is 13.3 Å². The summed E-state index contributed by atoms with van der Waals surface area (Å²) in [5.74, 6) is 0.804. The summed E-state index contributed by atoms with van der Waals surface area (Å²) in [4.78, 5) is 9.84. The summed E-state index contributed by atoms with van der Waals surface area (Å²) in [6.07, 6.45) is 0.981. The summed E-state index contributed by atoms with van der Waals surface area (Å²) in [7, 11) is 0. The van der Waals surface area contributed by atoms with Crippen LogP contribution < -0.4 is 0 Å². The smallest absolute Gasteiger partial charge is 0.379 e. The monoisotopic (exact) mass is 154 g/mol. The standard InChI is InChI=1S/C4H7ClO2S/c1-2-3-8-7-4(5)6/h2-3H2,1H3. The summed E-state index contributed by atoms with van der Waals surface area (Å²) in [5, 5.41) is 0. The highest BCUT2D eigenvalue weighted by atomic mass is 35.5. The van der Waals surface area contributed by atoms with Gasteiger partial charge < -0.3 is 4.18 Å². The molecule has 0 bridgehead atoms. The molecule has 0 atom stereocenters. The summed E-state index contributed by atoms with van der Waals surface area (Å²) in [6, 6.07) is 0. The van der Waals surface area contributed by atoms with Crippen molar-refractivity contribution < 1.29 is 8.98 Å². The van der Waals surface area contributed by atoms with Crippen molar-refractivity contribution in [2.75, 3.05) is 5.75 Å². The summed E-state index contributed by atoms with van der Waals surface area (Å²) >= 11 is 5.91. The highest BCUT2D eigenvalue weighted by Crippen LogP contribution is 2.05. The Morgan fingerprint density at radius 1 is 1.88 bits per heavy atom. The van der Waals surface area contributed by atoms with Crippen LogP contribution in [0.1, 0.15) is 13.3 Å². The minimum absolute atomic E-state index is 0.747. The van der Waals surface area contributed by atoms with Gasteiger partial charge in [0.1, 0.15) is 0 Å². The number of hydrogen-bond acceptors (Lipinski definition) is 3. The van der Waals surface area contributed by atoms with E-state index in [2.05, 4.69) is 4.18 Å². The van der Waals surface area contributed by atoms with Gasteiger partial charge in [-0.3, -0.25) is 0 Å². The van der Waals surface area contributed by atoms with Gasteiger partial charge in [0, 0.05) is 17.4 Å². The number of halogens is 1. The van der Waals surface area contributed by atoms with Crippen LogP contribution in [0.4, 0.5) is 4.79 Å². The van der Waals surface area contributed by atoms with Gasteiger partial charge in [0.25, 0.3) is 0 Å². The van der Waals surface area contributed by atoms with Gasteiger partial charge in [0.05, 0.1) is 12.0 Å². The van der Waals surface area contributed by atoms with E-state index in [4.69, 9.17) is 11.6 Å². The topological polar surface area (TPSA) is 26.3 Å². The fourth-order valence-corrected chi connectivity index (χ4v) is 0.648. The van der Waals surface area contributed by atoms with E-state index in [1.807, 2.05) is 6.92 Å². The minimum Gasteiger partial charge on any atom is -0.379 e. The lowest BCUT2D eigenvalue weighted by molar-refractivity contribution is 0.233. The van der Waals surface area contributed by atoms with E-state index in [-0.39, 0.29) is 0 Å². The second-order valence-corrected chi connectivity index (χ2v) is 2.26. The van der Waals surface area contributed by atoms with Crippen molar-refractivity contribution in [3.8, 4) is 0 Å². The Hall–Kier alpha value is 0.110. The average molecular weight is 155 g/mol. The zero-order chi connectivity index (χ0) is 6.41. The van der Waals surface area contributed by atoms with Crippen molar-refractivity contribution in [1.82, 2.24) is 0 Å². The van der Waals surface area contributed by atoms with Crippen LogP contribution in [0.5, 0.6) is 0 Å². The van der Waals surface area contributed by atoms with Gasteiger partial charge in [-0.25, -0.2) is 4.79 Å². The van der Waals surface area contributed by atoms with Gasteiger partial charge in [0.15, 0.2) is 0 Å². The Bertz CT molecular complexity index is 76.4. The SMILES string of the molecule is CCCSOC(=O)Cl. The number of carbonyl (C=O) groups is 1. The predicted molar refractivity (Wildman–Crippen MR) is 35.1 cm³/mol. The molecule has 2 nitrogen and oxygen atoms in total. The molecule has 0 amide bonds. The molecule has 0 aliphatic carbocycles. The van der Waals surface area contributed by atoms with Crippen LogP contribution in [-0.4, -0.2) is 11.2 Å². The molecule has 4 heteroatoms. The second kappa shape index (κ2) is 5.25. The van der Waals surface area contributed by atoms with E-state index >= 15 is 0 Å². The van der Waals surface area contributed by atoms with E-state index in [0.29, 0.717) is 0 Å². The molecule has 0 aliphatic rings. The van der Waals surface area contributed by atoms with Crippen molar-refractivity contribution in [1.29, 1.82) is 0 Å². The molecule has 0 heterocycles. The maximum absolute atomic E-state index is 9.84. The zero-order valence-corrected chi connectivity index (χ0v) is 6.09. The first kappa shape index (κ1) is 8.11. The van der Waals surface area contributed by atoms with E-state index in [1.54, 1.807) is 0 Å². The fraction of sp³-hybridized carbons (Fsp3) is 0.750. The fourth-order valence-electron chi connectivity index (χ4n) is 0.171. The Kier molecular flexibility index (Phi) is 5.32. The molecule has 0 radical (unpaired) electrons. The molecule has 0 N–H and O–H groups in total. The molecular formula is C4H7ClO2S. The van der Waals surface area contributed by atoms with Gasteiger partial charge in [0.2, 0.25) is 0 Å². The molecule has 0 fully saturated rings. The Morgan fingerprint density at radius 3 is 2.88 bits per heavy atom. The number of carbonyl (C=O) groups excluding carboxylic acids is 1. The van der Waals surface area contributed by atoms with Gasteiger partial charge in [-0.05, 0) is 6.42 Å². The average Bonchev–Trinajstić information content (AvgIpc) is 1.66. The largest absolute Gasteiger partial charge is 0.415 e. The summed E-state index contributed by atoms with van der Waals surface area (Å²) < 4.78 is 4.33. The maximum atomic E-state index is 9.84. The van der Waals surface area contributed by atoms with Crippen LogP contribution in [0.15, 0.2) is 0 Å². The van der Waals surface area contributed by atoms with E-state index < -0.39 is 5.43 Å². The molecule has 0 unspecified atom stereocenters. The lowest BCUT2D eigenvalue weighted by atomic mass is 10.6. The van der Waals surface area contributed by atoms with Gasteiger partial charge in [-0.1, -0.05) is 6.92 Å². The number of hydrogen-bond donors (Lipinski definition) is 0. The molecular weight excluding hydrogens is 148 g/mol. The molecule has 8 heavy (non-hydrogen) atoms. The van der Waals surface area contributed by atoms with Gasteiger partial charge in [-0.2, -0.15) is 0 Å². The molecule has 0 spiro atoms. The van der Waals surface area contributed by atoms with E-state index in [1.165, 1.54) is 0 Å². The van der Waals surface area contributed by atoms with E-state index in [9.17, 15) is 4.79 Å². The van der Waals surface area contributed by atoms with Crippen LogP contribution >= 0.6 is 23.6 Å². The van der Waals surface area contributed by atoms with Crippen molar-refractivity contribution >= 4 is 29.1 Å². The lowest BCUT2D eigenvalue weighted by Crippen LogP contribution is -1.83. The van der Waals surface area contributed by atoms with Crippen LogP contribution in [0.3, 0.4) is 0 Å². The van der Waals surface area contributed by atoms with Crippen LogP contribution in [0.2, 0.25) is 0 Å². The molecule has 0 rings (SSSR count). The molecule has 0 saturated heterocycles. The molecule has 48 valence electrons. The third-order valence-corrected chi connectivity index (χ3v) is 1.42. The number of rotatable bonds is 3. The quantitative estimate of drug-likeness (QED) is 0.355. The molecule has 0 aliphatic heterocycles. The third kappa shape index (κ3) is 6.11. The summed E-state index contributed by atoms with van der Waals surface area (Å²) in [6.45, 7) is 2.00. The summed E-state index contributed by atoms with van der Waals surface area (Å²) in [5.41, 5.74) is -0.747. The van der Waals surface area contributed by atoms with Gasteiger partial charge >= 0.3 is 5.43 Å². The molecule has 0 aromatic carbocycles. The van der Waals surface area contributed by atoms with Crippen LogP contribution in [0.25, 0.3) is 0 Å². The predicted octanol–water partition coefficient (Wildman–Crippen LogP) is 2.42. The van der Waals surface area contributed by atoms with E-state index in [0.717, 1.165) is 24.2 Å². The first-order valence-electron chi connectivity index (χ1n) is 2.26. The minimum atomic E-state index is -0.747. The van der Waals surface area contributed by atoms with Crippen molar-refractivity contribution in [3.63, 3.8) is 0 Å². The normalized spacial score (nSPS) is 8.75. The highest BCUT2D eigenvalue weighted by Gasteiger charge is 1.92. The molecule has 0 aromatic rings.